The average molecular weight is 381 g/mol. The first-order valence-electron chi connectivity index (χ1n) is 6.99. The Hall–Kier alpha value is 1.58. The highest BCUT2D eigenvalue weighted by Crippen LogP contribution is 2.49. The molecular formula is C14H20S6. The summed E-state index contributed by atoms with van der Waals surface area (Å²) >= 11 is 19.7. The van der Waals surface area contributed by atoms with Gasteiger partial charge >= 0.3 is 0 Å². The molecule has 3 fully saturated rings. The third kappa shape index (κ3) is 3.91. The summed E-state index contributed by atoms with van der Waals surface area (Å²) in [6.07, 6.45) is 2.29. The Balaban J connectivity index is 1.56. The second kappa shape index (κ2) is 6.23. The van der Waals surface area contributed by atoms with E-state index in [0.717, 1.165) is 34.8 Å². The molecule has 3 rings (SSSR count). The molecule has 0 aromatic carbocycles. The van der Waals surface area contributed by atoms with E-state index in [1.165, 1.54) is 21.2 Å². The fourth-order valence-electron chi connectivity index (χ4n) is 2.22. The van der Waals surface area contributed by atoms with Crippen molar-refractivity contribution in [3.05, 3.63) is 0 Å². The number of thiocarbonyl (C=S) groups is 2. The maximum atomic E-state index is 5.74. The molecule has 20 heavy (non-hydrogen) atoms. The largest absolute Gasteiger partial charge is 0.156 e. The van der Waals surface area contributed by atoms with Crippen LogP contribution < -0.4 is 0 Å². The summed E-state index contributed by atoms with van der Waals surface area (Å²) in [6.45, 7) is 4.69. The van der Waals surface area contributed by atoms with Crippen LogP contribution in [0.15, 0.2) is 0 Å². The lowest BCUT2D eigenvalue weighted by Gasteiger charge is -2.43. The second-order valence-electron chi connectivity index (χ2n) is 6.20. The Bertz CT molecular complexity index is 375. The lowest BCUT2D eigenvalue weighted by atomic mass is 10.0. The molecular weight excluding hydrogens is 361 g/mol. The van der Waals surface area contributed by atoms with E-state index in [0.29, 0.717) is 0 Å². The van der Waals surface area contributed by atoms with E-state index in [1.807, 2.05) is 0 Å². The molecule has 0 aromatic heterocycles. The molecule has 0 N–H and O–H groups in total. The standard InChI is InChI=1S/C14H20S6/c1-13(11(15)3-9-5-17-9)7-20-14(2,8-19-13)12(16)4-10-6-18-10/h9-10H,3-8H2,1-2H3. The second-order valence-corrected chi connectivity index (χ2v) is 12.8. The highest BCUT2D eigenvalue weighted by atomic mass is 32.2. The zero-order valence-corrected chi connectivity index (χ0v) is 16.7. The van der Waals surface area contributed by atoms with Crippen molar-refractivity contribution in [3.8, 4) is 0 Å². The van der Waals surface area contributed by atoms with Gasteiger partial charge in [0.1, 0.15) is 0 Å². The zero-order valence-electron chi connectivity index (χ0n) is 11.8. The molecule has 4 unspecified atom stereocenters. The van der Waals surface area contributed by atoms with Crippen molar-refractivity contribution in [3.63, 3.8) is 0 Å². The quantitative estimate of drug-likeness (QED) is 0.479. The molecule has 3 saturated heterocycles. The minimum absolute atomic E-state index is 0.187. The molecule has 0 bridgehead atoms. The summed E-state index contributed by atoms with van der Waals surface area (Å²) < 4.78 is 0.374. The Kier molecular flexibility index (Phi) is 5.12. The van der Waals surface area contributed by atoms with E-state index >= 15 is 0 Å². The SMILES string of the molecule is CC1(C(=S)CC2CS2)CSC(C)(C(=S)CC2CS2)CS1. The smallest absolute Gasteiger partial charge is 0.0534 e. The Labute approximate surface area is 150 Å². The molecule has 0 amide bonds. The number of rotatable bonds is 6. The van der Waals surface area contributed by atoms with Gasteiger partial charge in [0.2, 0.25) is 0 Å². The van der Waals surface area contributed by atoms with Gasteiger partial charge in [-0.2, -0.15) is 23.5 Å². The van der Waals surface area contributed by atoms with Gasteiger partial charge in [-0.1, -0.05) is 24.4 Å². The summed E-state index contributed by atoms with van der Waals surface area (Å²) in [7, 11) is 0. The van der Waals surface area contributed by atoms with Gasteiger partial charge < -0.3 is 0 Å². The van der Waals surface area contributed by atoms with Crippen molar-refractivity contribution < 1.29 is 0 Å². The Morgan fingerprint density at radius 3 is 1.50 bits per heavy atom. The maximum absolute atomic E-state index is 5.74. The van der Waals surface area contributed by atoms with Gasteiger partial charge in [0.25, 0.3) is 0 Å². The summed E-state index contributed by atoms with van der Waals surface area (Å²) in [4.78, 5) is 2.58. The highest BCUT2D eigenvalue weighted by Gasteiger charge is 2.44. The van der Waals surface area contributed by atoms with Crippen molar-refractivity contribution in [2.24, 2.45) is 0 Å². The molecule has 3 aliphatic rings. The molecule has 0 radical (unpaired) electrons. The number of hydrogen-bond acceptors (Lipinski definition) is 6. The van der Waals surface area contributed by atoms with Crippen molar-refractivity contribution in [2.45, 2.75) is 46.7 Å². The zero-order chi connectivity index (χ0) is 14.4. The van der Waals surface area contributed by atoms with Gasteiger partial charge in [0, 0.05) is 43.2 Å². The number of thioether (sulfide) groups is 4. The summed E-state index contributed by atoms with van der Waals surface area (Å²) in [5.74, 6) is 4.88. The molecule has 0 aliphatic carbocycles. The van der Waals surface area contributed by atoms with Crippen LogP contribution in [-0.2, 0) is 0 Å². The van der Waals surface area contributed by atoms with Crippen LogP contribution in [0.2, 0.25) is 0 Å². The fraction of sp³-hybridized carbons (Fsp3) is 0.857. The third-order valence-corrected chi connectivity index (χ3v) is 11.4. The van der Waals surface area contributed by atoms with E-state index in [1.54, 1.807) is 0 Å². The monoisotopic (exact) mass is 380 g/mol. The van der Waals surface area contributed by atoms with E-state index in [4.69, 9.17) is 24.4 Å². The van der Waals surface area contributed by atoms with Gasteiger partial charge in [-0.3, -0.25) is 0 Å². The molecule has 6 heteroatoms. The van der Waals surface area contributed by atoms with Crippen LogP contribution >= 0.6 is 71.5 Å². The molecule has 4 atom stereocenters. The van der Waals surface area contributed by atoms with Crippen LogP contribution in [0.5, 0.6) is 0 Å². The van der Waals surface area contributed by atoms with Gasteiger partial charge in [0.15, 0.2) is 0 Å². The average Bonchev–Trinajstić information content (AvgIpc) is 3.29. The minimum atomic E-state index is 0.187. The van der Waals surface area contributed by atoms with Crippen LogP contribution in [0.3, 0.4) is 0 Å². The topological polar surface area (TPSA) is 0 Å². The van der Waals surface area contributed by atoms with Crippen LogP contribution in [0.1, 0.15) is 26.7 Å². The van der Waals surface area contributed by atoms with Crippen molar-refractivity contribution >= 4 is 81.2 Å². The van der Waals surface area contributed by atoms with Crippen molar-refractivity contribution in [1.29, 1.82) is 0 Å². The lowest BCUT2D eigenvalue weighted by Crippen LogP contribution is -2.46. The van der Waals surface area contributed by atoms with Gasteiger partial charge in [-0.05, 0) is 26.7 Å². The van der Waals surface area contributed by atoms with Crippen LogP contribution in [0.25, 0.3) is 0 Å². The summed E-state index contributed by atoms with van der Waals surface area (Å²) in [5.41, 5.74) is 0. The first-order valence-corrected chi connectivity index (χ1v) is 11.9. The van der Waals surface area contributed by atoms with Crippen molar-refractivity contribution in [2.75, 3.05) is 23.0 Å². The van der Waals surface area contributed by atoms with Crippen LogP contribution in [-0.4, -0.2) is 52.7 Å². The van der Waals surface area contributed by atoms with E-state index < -0.39 is 0 Å². The van der Waals surface area contributed by atoms with E-state index in [-0.39, 0.29) is 9.49 Å². The summed E-state index contributed by atoms with van der Waals surface area (Å²) in [5, 5.41) is 1.65. The van der Waals surface area contributed by atoms with Crippen molar-refractivity contribution in [1.82, 2.24) is 0 Å². The van der Waals surface area contributed by atoms with Gasteiger partial charge in [-0.25, -0.2) is 0 Å². The molecule has 0 spiro atoms. The molecule has 0 nitrogen and oxygen atoms in total. The molecule has 3 heterocycles. The van der Waals surface area contributed by atoms with Crippen LogP contribution in [0.4, 0.5) is 0 Å². The third-order valence-electron chi connectivity index (χ3n) is 4.14. The number of hydrogen-bond donors (Lipinski definition) is 0. The summed E-state index contributed by atoms with van der Waals surface area (Å²) in [6, 6.07) is 0. The van der Waals surface area contributed by atoms with E-state index in [9.17, 15) is 0 Å². The first-order chi connectivity index (χ1) is 9.41. The van der Waals surface area contributed by atoms with Crippen LogP contribution in [0, 0.1) is 0 Å². The molecule has 112 valence electrons. The minimum Gasteiger partial charge on any atom is -0.156 e. The molecule has 0 saturated carbocycles. The molecule has 3 aliphatic heterocycles. The Morgan fingerprint density at radius 1 is 0.900 bits per heavy atom. The normalized spacial score (nSPS) is 43.1. The Morgan fingerprint density at radius 2 is 1.25 bits per heavy atom. The van der Waals surface area contributed by atoms with Gasteiger partial charge in [-0.15, -0.1) is 23.5 Å². The van der Waals surface area contributed by atoms with E-state index in [2.05, 4.69) is 60.9 Å². The molecule has 0 aromatic rings. The maximum Gasteiger partial charge on any atom is 0.0534 e. The highest BCUT2D eigenvalue weighted by molar-refractivity contribution is 8.10. The first kappa shape index (κ1) is 16.4. The predicted molar refractivity (Wildman–Crippen MR) is 109 cm³/mol. The lowest BCUT2D eigenvalue weighted by molar-refractivity contribution is 0.868. The van der Waals surface area contributed by atoms with Gasteiger partial charge in [0.05, 0.1) is 9.49 Å². The predicted octanol–water partition coefficient (Wildman–Crippen LogP) is 4.73. The fourth-order valence-corrected chi connectivity index (χ4v) is 7.63.